The second-order valence-corrected chi connectivity index (χ2v) is 7.29. The molecule has 130 valence electrons. The Bertz CT molecular complexity index is 818. The first kappa shape index (κ1) is 16.3. The van der Waals surface area contributed by atoms with E-state index in [1.807, 2.05) is 23.1 Å². The summed E-state index contributed by atoms with van der Waals surface area (Å²) in [6.07, 6.45) is 1.11. The first-order chi connectivity index (χ1) is 12.1. The van der Waals surface area contributed by atoms with Gasteiger partial charge in [0.25, 0.3) is 0 Å². The van der Waals surface area contributed by atoms with Crippen molar-refractivity contribution in [1.82, 2.24) is 9.97 Å². The number of thioether (sulfide) groups is 1. The smallest absolute Gasteiger partial charge is 0.225 e. The molecule has 2 aliphatic heterocycles. The molecule has 3 heterocycles. The SMILES string of the molecule is NC1=NC2(c3ccccc3)CN(c3ncc(F)c(CO)n3)C[C@H]2CS1. The Morgan fingerprint density at radius 1 is 1.36 bits per heavy atom. The molecule has 2 atom stereocenters. The van der Waals surface area contributed by atoms with Gasteiger partial charge >= 0.3 is 0 Å². The zero-order chi connectivity index (χ0) is 17.4. The molecule has 1 saturated heterocycles. The fourth-order valence-electron chi connectivity index (χ4n) is 3.56. The van der Waals surface area contributed by atoms with Gasteiger partial charge in [-0.25, -0.2) is 19.4 Å². The highest BCUT2D eigenvalue weighted by Crippen LogP contribution is 2.45. The second kappa shape index (κ2) is 6.27. The van der Waals surface area contributed by atoms with Crippen LogP contribution >= 0.6 is 11.8 Å². The summed E-state index contributed by atoms with van der Waals surface area (Å²) in [4.78, 5) is 15.1. The number of hydrogen-bond donors (Lipinski definition) is 2. The van der Waals surface area contributed by atoms with Crippen LogP contribution in [0.5, 0.6) is 0 Å². The third-order valence-electron chi connectivity index (χ3n) is 4.80. The first-order valence-electron chi connectivity index (χ1n) is 8.03. The molecule has 0 amide bonds. The van der Waals surface area contributed by atoms with E-state index in [1.54, 1.807) is 11.8 Å². The Hall–Kier alpha value is -2.19. The molecule has 25 heavy (non-hydrogen) atoms. The van der Waals surface area contributed by atoms with E-state index in [-0.39, 0.29) is 11.6 Å². The fourth-order valence-corrected chi connectivity index (χ4v) is 4.54. The van der Waals surface area contributed by atoms with Crippen LogP contribution in [0.25, 0.3) is 0 Å². The highest BCUT2D eigenvalue weighted by atomic mass is 32.2. The van der Waals surface area contributed by atoms with Gasteiger partial charge in [-0.05, 0) is 5.56 Å². The molecule has 1 unspecified atom stereocenters. The Morgan fingerprint density at radius 3 is 2.92 bits per heavy atom. The van der Waals surface area contributed by atoms with Crippen molar-refractivity contribution in [2.45, 2.75) is 12.1 Å². The second-order valence-electron chi connectivity index (χ2n) is 6.25. The van der Waals surface area contributed by atoms with E-state index >= 15 is 0 Å². The highest BCUT2D eigenvalue weighted by Gasteiger charge is 2.50. The Kier molecular flexibility index (Phi) is 4.09. The van der Waals surface area contributed by atoms with Gasteiger partial charge in [-0.2, -0.15) is 0 Å². The van der Waals surface area contributed by atoms with Gasteiger partial charge in [0.15, 0.2) is 11.0 Å². The maximum Gasteiger partial charge on any atom is 0.225 e. The number of halogens is 1. The maximum atomic E-state index is 13.6. The van der Waals surface area contributed by atoms with E-state index in [2.05, 4.69) is 22.1 Å². The molecule has 0 bridgehead atoms. The van der Waals surface area contributed by atoms with Crippen LogP contribution in [-0.4, -0.2) is 39.1 Å². The third kappa shape index (κ3) is 2.75. The van der Waals surface area contributed by atoms with E-state index in [9.17, 15) is 9.50 Å². The van der Waals surface area contributed by atoms with E-state index in [1.165, 1.54) is 0 Å². The summed E-state index contributed by atoms with van der Waals surface area (Å²) in [5, 5.41) is 9.85. The Labute approximate surface area is 149 Å². The van der Waals surface area contributed by atoms with E-state index in [0.29, 0.717) is 24.2 Å². The van der Waals surface area contributed by atoms with Crippen LogP contribution in [0.15, 0.2) is 41.5 Å². The first-order valence-corrected chi connectivity index (χ1v) is 9.02. The molecule has 2 aromatic rings. The lowest BCUT2D eigenvalue weighted by molar-refractivity contribution is 0.269. The Balaban J connectivity index is 1.74. The number of amidine groups is 1. The number of hydrogen-bond acceptors (Lipinski definition) is 7. The molecule has 1 aromatic heterocycles. The minimum Gasteiger partial charge on any atom is -0.390 e. The van der Waals surface area contributed by atoms with Gasteiger partial charge in [-0.15, -0.1) is 0 Å². The molecule has 0 saturated carbocycles. The van der Waals surface area contributed by atoms with Crippen LogP contribution in [0.1, 0.15) is 11.3 Å². The molecule has 6 nitrogen and oxygen atoms in total. The van der Waals surface area contributed by atoms with E-state index in [0.717, 1.165) is 17.5 Å². The molecule has 8 heteroatoms. The van der Waals surface area contributed by atoms with Crippen molar-refractivity contribution in [3.8, 4) is 0 Å². The van der Waals surface area contributed by atoms with Crippen molar-refractivity contribution in [2.24, 2.45) is 16.6 Å². The molecule has 0 spiro atoms. The molecule has 3 N–H and O–H groups in total. The van der Waals surface area contributed by atoms with Gasteiger partial charge in [0.05, 0.1) is 19.3 Å². The number of aliphatic hydroxyl groups is 1. The fraction of sp³-hybridized carbons (Fsp3) is 0.353. The number of aromatic nitrogens is 2. The van der Waals surface area contributed by atoms with Crippen LogP contribution < -0.4 is 10.6 Å². The van der Waals surface area contributed by atoms with Gasteiger partial charge in [-0.3, -0.25) is 0 Å². The quantitative estimate of drug-likeness (QED) is 0.864. The lowest BCUT2D eigenvalue weighted by atomic mass is 9.82. The van der Waals surface area contributed by atoms with Crippen molar-refractivity contribution in [3.05, 3.63) is 53.6 Å². The predicted molar refractivity (Wildman–Crippen MR) is 95.8 cm³/mol. The van der Waals surface area contributed by atoms with Crippen LogP contribution in [-0.2, 0) is 12.1 Å². The lowest BCUT2D eigenvalue weighted by Gasteiger charge is -2.34. The molecule has 1 fully saturated rings. The topological polar surface area (TPSA) is 87.6 Å². The summed E-state index contributed by atoms with van der Waals surface area (Å²) < 4.78 is 13.6. The molecule has 1 aromatic carbocycles. The van der Waals surface area contributed by atoms with Gasteiger partial charge in [0.2, 0.25) is 5.95 Å². The van der Waals surface area contributed by atoms with Gasteiger partial charge in [0, 0.05) is 18.2 Å². The summed E-state index contributed by atoms with van der Waals surface area (Å²) in [6, 6.07) is 10.1. The molecule has 0 aliphatic carbocycles. The van der Waals surface area contributed by atoms with Crippen LogP contribution in [0.4, 0.5) is 10.3 Å². The van der Waals surface area contributed by atoms with Crippen molar-refractivity contribution >= 4 is 22.9 Å². The summed E-state index contributed by atoms with van der Waals surface area (Å²) >= 11 is 1.56. The third-order valence-corrected chi connectivity index (χ3v) is 5.76. The van der Waals surface area contributed by atoms with Gasteiger partial charge in [-0.1, -0.05) is 42.1 Å². The minimum atomic E-state index is -0.599. The molecule has 2 aliphatic rings. The van der Waals surface area contributed by atoms with Crippen LogP contribution in [0.3, 0.4) is 0 Å². The van der Waals surface area contributed by atoms with Crippen molar-refractivity contribution in [3.63, 3.8) is 0 Å². The lowest BCUT2D eigenvalue weighted by Crippen LogP contribution is -2.40. The number of anilines is 1. The molecular formula is C17H18FN5OS. The van der Waals surface area contributed by atoms with Crippen molar-refractivity contribution in [1.29, 1.82) is 0 Å². The zero-order valence-electron chi connectivity index (χ0n) is 13.5. The average Bonchev–Trinajstić information content (AvgIpc) is 3.03. The normalized spacial score (nSPS) is 25.6. The number of nitrogens with two attached hydrogens (primary N) is 1. The number of aliphatic hydroxyl groups excluding tert-OH is 1. The van der Waals surface area contributed by atoms with Crippen LogP contribution in [0.2, 0.25) is 0 Å². The summed E-state index contributed by atoms with van der Waals surface area (Å²) in [7, 11) is 0. The number of nitrogens with zero attached hydrogens (tertiary/aromatic N) is 4. The zero-order valence-corrected chi connectivity index (χ0v) is 14.3. The largest absolute Gasteiger partial charge is 0.390 e. The van der Waals surface area contributed by atoms with Crippen LogP contribution in [0, 0.1) is 11.7 Å². The van der Waals surface area contributed by atoms with Crippen molar-refractivity contribution < 1.29 is 9.50 Å². The number of aliphatic imine (C=N–C) groups is 1. The van der Waals surface area contributed by atoms with Gasteiger partial charge < -0.3 is 15.7 Å². The van der Waals surface area contributed by atoms with E-state index < -0.39 is 18.0 Å². The minimum absolute atomic E-state index is 0.00558. The number of rotatable bonds is 3. The monoisotopic (exact) mass is 359 g/mol. The summed E-state index contributed by atoms with van der Waals surface area (Å²) in [6.45, 7) is 0.817. The molecule has 4 rings (SSSR count). The average molecular weight is 359 g/mol. The number of benzene rings is 1. The van der Waals surface area contributed by atoms with E-state index in [4.69, 9.17) is 10.7 Å². The molecule has 0 radical (unpaired) electrons. The standard InChI is InChI=1S/C17H18FN5OS/c18-13-6-20-16(21-14(13)8-24)23-7-12-9-25-15(19)22-17(12,10-23)11-4-2-1-3-5-11/h1-6,12,24H,7-10H2,(H2,19,22)/t12-,17?/m0/s1. The highest BCUT2D eigenvalue weighted by molar-refractivity contribution is 8.13. The molecular weight excluding hydrogens is 341 g/mol. The maximum absolute atomic E-state index is 13.6. The summed E-state index contributed by atoms with van der Waals surface area (Å²) in [5.74, 6) is 0.917. The predicted octanol–water partition coefficient (Wildman–Crippen LogP) is 1.50. The van der Waals surface area contributed by atoms with Gasteiger partial charge in [0.1, 0.15) is 11.2 Å². The Morgan fingerprint density at radius 2 is 2.16 bits per heavy atom. The number of fused-ring (bicyclic) bond motifs is 1. The van der Waals surface area contributed by atoms with Crippen molar-refractivity contribution in [2.75, 3.05) is 23.7 Å². The summed E-state index contributed by atoms with van der Waals surface area (Å²) in [5.41, 5.74) is 6.71.